The van der Waals surface area contributed by atoms with Gasteiger partial charge in [0.15, 0.2) is 10.8 Å². The summed E-state index contributed by atoms with van der Waals surface area (Å²) in [5.74, 6) is 0.520. The van der Waals surface area contributed by atoms with E-state index in [1.54, 1.807) is 29.9 Å². The molecule has 3 heterocycles. The van der Waals surface area contributed by atoms with Gasteiger partial charge in [0.1, 0.15) is 11.3 Å². The smallest absolute Gasteiger partial charge is 0.263 e. The predicted octanol–water partition coefficient (Wildman–Crippen LogP) is 3.81. The molecule has 0 aliphatic heterocycles. The summed E-state index contributed by atoms with van der Waals surface area (Å²) >= 11 is 1.37. The van der Waals surface area contributed by atoms with Gasteiger partial charge in [-0.1, -0.05) is 12.1 Å². The number of hydrogen-bond acceptors (Lipinski definition) is 6. The van der Waals surface area contributed by atoms with E-state index in [-0.39, 0.29) is 5.91 Å². The summed E-state index contributed by atoms with van der Waals surface area (Å²) in [5.41, 5.74) is 3.31. The standard InChI is InChI=1S/C19H17N5O2S/c1-3-26-14-7-4-6-13(10-14)15-11-27-19(21-15)22-18(25)16-12(2)23-24-9-5-8-20-17(16)24/h4-11H,3H2,1-2H3,(H,21,22,25). The maximum Gasteiger partial charge on any atom is 0.263 e. The highest BCUT2D eigenvalue weighted by atomic mass is 32.1. The van der Waals surface area contributed by atoms with Gasteiger partial charge in [0.2, 0.25) is 0 Å². The van der Waals surface area contributed by atoms with E-state index in [4.69, 9.17) is 4.74 Å². The normalized spacial score (nSPS) is 10.9. The van der Waals surface area contributed by atoms with Gasteiger partial charge in [-0.2, -0.15) is 5.10 Å². The van der Waals surface area contributed by atoms with Crippen LogP contribution in [-0.4, -0.2) is 32.1 Å². The van der Waals surface area contributed by atoms with Crippen LogP contribution < -0.4 is 10.1 Å². The zero-order valence-corrected chi connectivity index (χ0v) is 15.7. The third-order valence-corrected chi connectivity index (χ3v) is 4.72. The number of amides is 1. The highest BCUT2D eigenvalue weighted by Gasteiger charge is 2.19. The zero-order valence-electron chi connectivity index (χ0n) is 14.8. The number of rotatable bonds is 5. The van der Waals surface area contributed by atoms with E-state index in [2.05, 4.69) is 20.4 Å². The monoisotopic (exact) mass is 379 g/mol. The lowest BCUT2D eigenvalue weighted by Crippen LogP contribution is -2.13. The highest BCUT2D eigenvalue weighted by Crippen LogP contribution is 2.28. The largest absolute Gasteiger partial charge is 0.494 e. The molecule has 27 heavy (non-hydrogen) atoms. The molecule has 0 fully saturated rings. The maximum atomic E-state index is 12.7. The SMILES string of the molecule is CCOc1cccc(-c2csc(NC(=O)c3c(C)nn4cccnc34)n2)c1. The summed E-state index contributed by atoms with van der Waals surface area (Å²) in [4.78, 5) is 21.5. The quantitative estimate of drug-likeness (QED) is 0.570. The van der Waals surface area contributed by atoms with Crippen molar-refractivity contribution in [1.82, 2.24) is 19.6 Å². The van der Waals surface area contributed by atoms with Crippen LogP contribution in [0.4, 0.5) is 5.13 Å². The van der Waals surface area contributed by atoms with Crippen molar-refractivity contribution in [1.29, 1.82) is 0 Å². The van der Waals surface area contributed by atoms with Gasteiger partial charge < -0.3 is 4.74 Å². The van der Waals surface area contributed by atoms with Gasteiger partial charge >= 0.3 is 0 Å². The Balaban J connectivity index is 1.58. The third kappa shape index (κ3) is 3.39. The number of anilines is 1. The second-order valence-corrected chi connectivity index (χ2v) is 6.66. The first-order valence-corrected chi connectivity index (χ1v) is 9.33. The molecule has 0 spiro atoms. The van der Waals surface area contributed by atoms with Gasteiger partial charge in [-0.25, -0.2) is 14.5 Å². The molecule has 8 heteroatoms. The van der Waals surface area contributed by atoms with Crippen molar-refractivity contribution in [2.75, 3.05) is 11.9 Å². The highest BCUT2D eigenvalue weighted by molar-refractivity contribution is 7.14. The number of thiazole rings is 1. The first-order chi connectivity index (χ1) is 13.2. The molecule has 1 amide bonds. The number of carbonyl (C=O) groups is 1. The number of ether oxygens (including phenoxy) is 1. The van der Waals surface area contributed by atoms with Gasteiger partial charge in [-0.3, -0.25) is 10.1 Å². The molecular formula is C19H17N5O2S. The molecule has 0 saturated heterocycles. The van der Waals surface area contributed by atoms with E-state index in [1.165, 1.54) is 11.3 Å². The van der Waals surface area contributed by atoms with Crippen molar-refractivity contribution in [2.24, 2.45) is 0 Å². The molecule has 136 valence electrons. The summed E-state index contributed by atoms with van der Waals surface area (Å²) in [6.45, 7) is 4.34. The van der Waals surface area contributed by atoms with Gasteiger partial charge in [0.25, 0.3) is 5.91 Å². The van der Waals surface area contributed by atoms with Crippen LogP contribution in [0.5, 0.6) is 5.75 Å². The van der Waals surface area contributed by atoms with Crippen molar-refractivity contribution in [2.45, 2.75) is 13.8 Å². The number of fused-ring (bicyclic) bond motifs is 1. The van der Waals surface area contributed by atoms with Crippen LogP contribution in [0.2, 0.25) is 0 Å². The van der Waals surface area contributed by atoms with Crippen LogP contribution in [0, 0.1) is 6.92 Å². The molecule has 7 nitrogen and oxygen atoms in total. The minimum absolute atomic E-state index is 0.273. The average molecular weight is 379 g/mol. The van der Waals surface area contributed by atoms with Crippen LogP contribution in [0.3, 0.4) is 0 Å². The van der Waals surface area contributed by atoms with E-state index in [1.807, 2.05) is 36.6 Å². The van der Waals surface area contributed by atoms with Gasteiger partial charge in [-0.15, -0.1) is 11.3 Å². The van der Waals surface area contributed by atoms with E-state index in [9.17, 15) is 4.79 Å². The second kappa shape index (κ2) is 7.16. The first kappa shape index (κ1) is 17.2. The van der Waals surface area contributed by atoms with Crippen LogP contribution in [0.1, 0.15) is 23.0 Å². The molecular weight excluding hydrogens is 362 g/mol. The number of hydrogen-bond donors (Lipinski definition) is 1. The second-order valence-electron chi connectivity index (χ2n) is 5.80. The fraction of sp³-hybridized carbons (Fsp3) is 0.158. The summed E-state index contributed by atoms with van der Waals surface area (Å²) in [6.07, 6.45) is 3.40. The summed E-state index contributed by atoms with van der Waals surface area (Å²) in [6, 6.07) is 9.49. The Hall–Kier alpha value is -3.26. The fourth-order valence-electron chi connectivity index (χ4n) is 2.80. The molecule has 1 N–H and O–H groups in total. The minimum Gasteiger partial charge on any atom is -0.494 e. The fourth-order valence-corrected chi connectivity index (χ4v) is 3.51. The van der Waals surface area contributed by atoms with Gasteiger partial charge in [0, 0.05) is 23.3 Å². The maximum absolute atomic E-state index is 12.7. The van der Waals surface area contributed by atoms with E-state index < -0.39 is 0 Å². The number of benzene rings is 1. The Bertz CT molecular complexity index is 1120. The Morgan fingerprint density at radius 3 is 3.07 bits per heavy atom. The molecule has 0 aliphatic rings. The molecule has 1 aromatic carbocycles. The van der Waals surface area contributed by atoms with E-state index in [0.29, 0.717) is 28.6 Å². The molecule has 0 radical (unpaired) electrons. The lowest BCUT2D eigenvalue weighted by molar-refractivity contribution is 0.102. The Morgan fingerprint density at radius 2 is 2.22 bits per heavy atom. The average Bonchev–Trinajstić information content (AvgIpc) is 3.25. The van der Waals surface area contributed by atoms with Crippen molar-refractivity contribution in [3.8, 4) is 17.0 Å². The van der Waals surface area contributed by atoms with Crippen LogP contribution >= 0.6 is 11.3 Å². The number of nitrogens with zero attached hydrogens (tertiary/aromatic N) is 4. The van der Waals surface area contributed by atoms with Crippen LogP contribution in [0.25, 0.3) is 16.9 Å². The van der Waals surface area contributed by atoms with Crippen molar-refractivity contribution in [3.05, 3.63) is 59.4 Å². The minimum atomic E-state index is -0.273. The van der Waals surface area contributed by atoms with Crippen LogP contribution in [-0.2, 0) is 0 Å². The van der Waals surface area contributed by atoms with Crippen LogP contribution in [0.15, 0.2) is 48.1 Å². The Labute approximate surface area is 159 Å². The first-order valence-electron chi connectivity index (χ1n) is 8.45. The Morgan fingerprint density at radius 1 is 1.33 bits per heavy atom. The van der Waals surface area contributed by atoms with E-state index >= 15 is 0 Å². The molecule has 3 aromatic heterocycles. The van der Waals surface area contributed by atoms with Crippen molar-refractivity contribution in [3.63, 3.8) is 0 Å². The number of aryl methyl sites for hydroxylation is 1. The molecule has 0 unspecified atom stereocenters. The molecule has 4 rings (SSSR count). The molecule has 0 bridgehead atoms. The van der Waals surface area contributed by atoms with Gasteiger partial charge in [0.05, 0.1) is 18.0 Å². The molecule has 0 atom stereocenters. The predicted molar refractivity (Wildman–Crippen MR) is 104 cm³/mol. The molecule has 0 aliphatic carbocycles. The third-order valence-electron chi connectivity index (χ3n) is 3.96. The molecule has 4 aromatic rings. The summed E-state index contributed by atoms with van der Waals surface area (Å²) < 4.78 is 7.13. The summed E-state index contributed by atoms with van der Waals surface area (Å²) in [5, 5.41) is 9.59. The topological polar surface area (TPSA) is 81.4 Å². The van der Waals surface area contributed by atoms with Gasteiger partial charge in [-0.05, 0) is 32.0 Å². The Kier molecular flexibility index (Phi) is 4.55. The molecule has 0 saturated carbocycles. The zero-order chi connectivity index (χ0) is 18.8. The van der Waals surface area contributed by atoms with Crippen molar-refractivity contribution >= 4 is 28.0 Å². The number of aromatic nitrogens is 4. The summed E-state index contributed by atoms with van der Waals surface area (Å²) in [7, 11) is 0. The lowest BCUT2D eigenvalue weighted by Gasteiger charge is -2.04. The lowest BCUT2D eigenvalue weighted by atomic mass is 10.2. The number of carbonyl (C=O) groups excluding carboxylic acids is 1. The van der Waals surface area contributed by atoms with E-state index in [0.717, 1.165) is 17.0 Å². The number of nitrogens with one attached hydrogen (secondary N) is 1. The van der Waals surface area contributed by atoms with Crippen molar-refractivity contribution < 1.29 is 9.53 Å².